The minimum absolute atomic E-state index is 0.0180. The van der Waals surface area contributed by atoms with Gasteiger partial charge in [-0.1, -0.05) is 6.07 Å². The van der Waals surface area contributed by atoms with E-state index in [4.69, 9.17) is 9.84 Å². The first-order chi connectivity index (χ1) is 9.31. The van der Waals surface area contributed by atoms with Crippen molar-refractivity contribution in [1.82, 2.24) is 0 Å². The van der Waals surface area contributed by atoms with Crippen molar-refractivity contribution in [3.8, 4) is 5.75 Å². The van der Waals surface area contributed by atoms with Crippen LogP contribution in [0.15, 0.2) is 22.7 Å². The lowest BCUT2D eigenvalue weighted by atomic mass is 10.2. The number of ether oxygens (including phenoxy) is 2. The maximum absolute atomic E-state index is 11.8. The van der Waals surface area contributed by atoms with Crippen LogP contribution in [0.1, 0.15) is 16.8 Å². The molecule has 0 heterocycles. The second-order valence-corrected chi connectivity index (χ2v) is 4.65. The number of rotatable bonds is 7. The Bertz CT molecular complexity index is 463. The number of hydrogen-bond acceptors (Lipinski definition) is 3. The molecule has 0 aromatic heterocycles. The molecular formula is C12H12BrF3O4. The molecule has 8 heteroatoms. The summed E-state index contributed by atoms with van der Waals surface area (Å²) in [6.45, 7) is -1.37. The van der Waals surface area contributed by atoms with Crippen molar-refractivity contribution in [1.29, 1.82) is 0 Å². The molecule has 0 atom stereocenters. The normalized spacial score (nSPS) is 11.4. The van der Waals surface area contributed by atoms with Crippen LogP contribution in [0.5, 0.6) is 5.75 Å². The molecule has 1 N–H and O–H groups in total. The highest BCUT2D eigenvalue weighted by molar-refractivity contribution is 9.10. The monoisotopic (exact) mass is 356 g/mol. The van der Waals surface area contributed by atoms with Gasteiger partial charge in [-0.05, 0) is 28.1 Å². The fourth-order valence-electron chi connectivity index (χ4n) is 1.35. The molecule has 112 valence electrons. The van der Waals surface area contributed by atoms with Gasteiger partial charge in [-0.2, -0.15) is 13.2 Å². The number of alkyl halides is 3. The molecule has 1 aromatic carbocycles. The van der Waals surface area contributed by atoms with Crippen LogP contribution >= 0.6 is 15.9 Å². The highest BCUT2D eigenvalue weighted by Gasteiger charge is 2.27. The highest BCUT2D eigenvalue weighted by Crippen LogP contribution is 2.29. The third-order valence-electron chi connectivity index (χ3n) is 2.14. The van der Waals surface area contributed by atoms with Crippen molar-refractivity contribution in [2.24, 2.45) is 0 Å². The lowest BCUT2D eigenvalue weighted by Crippen LogP contribution is -2.18. The van der Waals surface area contributed by atoms with E-state index >= 15 is 0 Å². The molecule has 0 unspecified atom stereocenters. The summed E-state index contributed by atoms with van der Waals surface area (Å²) in [4.78, 5) is 11.0. The lowest BCUT2D eigenvalue weighted by Gasteiger charge is -2.11. The van der Waals surface area contributed by atoms with Crippen molar-refractivity contribution in [2.75, 3.05) is 19.8 Å². The molecular weight excluding hydrogens is 345 g/mol. The second kappa shape index (κ2) is 7.49. The zero-order valence-electron chi connectivity index (χ0n) is 10.2. The van der Waals surface area contributed by atoms with E-state index in [2.05, 4.69) is 20.7 Å². The van der Waals surface area contributed by atoms with Gasteiger partial charge in [-0.3, -0.25) is 0 Å². The molecule has 0 aliphatic heterocycles. The summed E-state index contributed by atoms with van der Waals surface area (Å²) in [5.41, 5.74) is -0.0180. The SMILES string of the molecule is O=C(O)c1cccc(Br)c1OCCCOCC(F)(F)F. The van der Waals surface area contributed by atoms with E-state index in [1.54, 1.807) is 12.1 Å². The molecule has 1 rings (SSSR count). The number of benzene rings is 1. The first-order valence-corrected chi connectivity index (χ1v) is 6.39. The summed E-state index contributed by atoms with van der Waals surface area (Å²) in [5.74, 6) is -0.995. The molecule has 20 heavy (non-hydrogen) atoms. The molecule has 0 fully saturated rings. The smallest absolute Gasteiger partial charge is 0.411 e. The Hall–Kier alpha value is -1.28. The standard InChI is InChI=1S/C12H12BrF3O4/c13-9-4-1-3-8(11(17)18)10(9)20-6-2-5-19-7-12(14,15)16/h1,3-4H,2,5-7H2,(H,17,18). The van der Waals surface area contributed by atoms with Crippen LogP contribution in [0.4, 0.5) is 13.2 Å². The van der Waals surface area contributed by atoms with Gasteiger partial charge in [-0.25, -0.2) is 4.79 Å². The van der Waals surface area contributed by atoms with Crippen molar-refractivity contribution < 1.29 is 32.5 Å². The summed E-state index contributed by atoms with van der Waals surface area (Å²) in [5, 5.41) is 8.97. The number of carboxylic acid groups (broad SMARTS) is 1. The second-order valence-electron chi connectivity index (χ2n) is 3.79. The molecule has 0 amide bonds. The van der Waals surface area contributed by atoms with Gasteiger partial charge in [0.1, 0.15) is 17.9 Å². The molecule has 0 radical (unpaired) electrons. The van der Waals surface area contributed by atoms with Crippen LogP contribution in [-0.4, -0.2) is 37.1 Å². The predicted octanol–water partition coefficient (Wildman–Crippen LogP) is 3.50. The zero-order chi connectivity index (χ0) is 15.2. The first kappa shape index (κ1) is 16.8. The summed E-state index contributed by atoms with van der Waals surface area (Å²) >= 11 is 3.16. The van der Waals surface area contributed by atoms with Crippen LogP contribution in [0.3, 0.4) is 0 Å². The molecule has 4 nitrogen and oxygen atoms in total. The van der Waals surface area contributed by atoms with Gasteiger partial charge in [0.25, 0.3) is 0 Å². The number of carbonyl (C=O) groups is 1. The van der Waals surface area contributed by atoms with Gasteiger partial charge in [0.15, 0.2) is 0 Å². The number of hydrogen-bond donors (Lipinski definition) is 1. The largest absolute Gasteiger partial charge is 0.491 e. The van der Waals surface area contributed by atoms with Crippen LogP contribution in [0, 0.1) is 0 Å². The van der Waals surface area contributed by atoms with E-state index in [1.165, 1.54) is 6.07 Å². The summed E-state index contributed by atoms with van der Waals surface area (Å²) in [7, 11) is 0. The van der Waals surface area contributed by atoms with Crippen LogP contribution in [0.2, 0.25) is 0 Å². The molecule has 0 aliphatic rings. The summed E-state index contributed by atoms with van der Waals surface area (Å²) in [6, 6.07) is 4.54. The number of carboxylic acids is 1. The molecule has 0 spiro atoms. The minimum Gasteiger partial charge on any atom is -0.491 e. The molecule has 0 bridgehead atoms. The lowest BCUT2D eigenvalue weighted by molar-refractivity contribution is -0.174. The van der Waals surface area contributed by atoms with Gasteiger partial charge in [0, 0.05) is 6.42 Å². The van der Waals surface area contributed by atoms with Gasteiger partial charge in [0.05, 0.1) is 17.7 Å². The maximum atomic E-state index is 11.8. The van der Waals surface area contributed by atoms with Crippen molar-refractivity contribution in [2.45, 2.75) is 12.6 Å². The average Bonchev–Trinajstić information content (AvgIpc) is 2.33. The van der Waals surface area contributed by atoms with Crippen LogP contribution in [0.25, 0.3) is 0 Å². The summed E-state index contributed by atoms with van der Waals surface area (Å²) < 4.78 is 45.5. The van der Waals surface area contributed by atoms with E-state index < -0.39 is 18.8 Å². The fraction of sp³-hybridized carbons (Fsp3) is 0.417. The fourth-order valence-corrected chi connectivity index (χ4v) is 1.83. The highest BCUT2D eigenvalue weighted by atomic mass is 79.9. The third-order valence-corrected chi connectivity index (χ3v) is 2.77. The van der Waals surface area contributed by atoms with Crippen molar-refractivity contribution in [3.63, 3.8) is 0 Å². The predicted molar refractivity (Wildman–Crippen MR) is 68.1 cm³/mol. The molecule has 0 saturated carbocycles. The van der Waals surface area contributed by atoms with E-state index in [-0.39, 0.29) is 30.9 Å². The molecule has 0 saturated heterocycles. The Kier molecular flexibility index (Phi) is 6.28. The average molecular weight is 357 g/mol. The van der Waals surface area contributed by atoms with E-state index in [0.717, 1.165) is 0 Å². The van der Waals surface area contributed by atoms with Crippen LogP contribution in [-0.2, 0) is 4.74 Å². The van der Waals surface area contributed by atoms with E-state index in [0.29, 0.717) is 4.47 Å². The van der Waals surface area contributed by atoms with Gasteiger partial charge in [-0.15, -0.1) is 0 Å². The van der Waals surface area contributed by atoms with Gasteiger partial charge < -0.3 is 14.6 Å². The number of aromatic carboxylic acids is 1. The van der Waals surface area contributed by atoms with Crippen molar-refractivity contribution in [3.05, 3.63) is 28.2 Å². The Balaban J connectivity index is 2.41. The molecule has 1 aromatic rings. The molecule has 0 aliphatic carbocycles. The van der Waals surface area contributed by atoms with Gasteiger partial charge in [0.2, 0.25) is 0 Å². The minimum atomic E-state index is -4.35. The van der Waals surface area contributed by atoms with E-state index in [1.807, 2.05) is 0 Å². The van der Waals surface area contributed by atoms with E-state index in [9.17, 15) is 18.0 Å². The Morgan fingerprint density at radius 2 is 2.00 bits per heavy atom. The third kappa shape index (κ3) is 5.79. The zero-order valence-corrected chi connectivity index (χ0v) is 11.8. The number of para-hydroxylation sites is 1. The Morgan fingerprint density at radius 1 is 1.30 bits per heavy atom. The maximum Gasteiger partial charge on any atom is 0.411 e. The first-order valence-electron chi connectivity index (χ1n) is 5.60. The Morgan fingerprint density at radius 3 is 2.60 bits per heavy atom. The topological polar surface area (TPSA) is 55.8 Å². The summed E-state index contributed by atoms with van der Waals surface area (Å²) in [6.07, 6.45) is -4.13. The van der Waals surface area contributed by atoms with Gasteiger partial charge >= 0.3 is 12.1 Å². The van der Waals surface area contributed by atoms with Crippen LogP contribution < -0.4 is 4.74 Å². The Labute approximate surface area is 121 Å². The quantitative estimate of drug-likeness (QED) is 0.759. The van der Waals surface area contributed by atoms with Crippen molar-refractivity contribution >= 4 is 21.9 Å². The number of halogens is 4.